The molecule has 2 atom stereocenters. The number of thioether (sulfide) groups is 1. The number of amides is 2. The summed E-state index contributed by atoms with van der Waals surface area (Å²) in [7, 11) is 0. The third-order valence-electron chi connectivity index (χ3n) is 3.50. The van der Waals surface area contributed by atoms with Gasteiger partial charge in [-0.05, 0) is 32.9 Å². The Morgan fingerprint density at radius 2 is 2.00 bits per heavy atom. The van der Waals surface area contributed by atoms with E-state index in [4.69, 9.17) is 5.11 Å². The van der Waals surface area contributed by atoms with Crippen LogP contribution in [0.15, 0.2) is 0 Å². The molecule has 19 heavy (non-hydrogen) atoms. The highest BCUT2D eigenvalue weighted by Crippen LogP contribution is 2.27. The number of nitrogens with zero attached hydrogens (tertiary/aromatic N) is 1. The highest BCUT2D eigenvalue weighted by Gasteiger charge is 2.28. The first-order chi connectivity index (χ1) is 8.95. The number of rotatable bonds is 5. The normalized spacial score (nSPS) is 23.2. The molecule has 2 unspecified atom stereocenters. The van der Waals surface area contributed by atoms with Crippen LogP contribution < -0.4 is 5.32 Å². The standard InChI is InChI=1S/C13H24N2O3S/c1-9(2)15(8-12(16)17)13(18)14-10-6-4-5-7-11(10)19-3/h9-11H,4-8H2,1-3H3,(H,14,18)(H,16,17). The number of carbonyl (C=O) groups excluding carboxylic acids is 1. The molecule has 0 aromatic heterocycles. The zero-order valence-corrected chi connectivity index (χ0v) is 12.7. The van der Waals surface area contributed by atoms with E-state index >= 15 is 0 Å². The van der Waals surface area contributed by atoms with Crippen LogP contribution in [0.2, 0.25) is 0 Å². The van der Waals surface area contributed by atoms with Crippen LogP contribution >= 0.6 is 11.8 Å². The van der Waals surface area contributed by atoms with Crippen LogP contribution in [0, 0.1) is 0 Å². The molecule has 110 valence electrons. The molecular formula is C13H24N2O3S. The third kappa shape index (κ3) is 4.93. The molecule has 2 amide bonds. The average molecular weight is 288 g/mol. The number of carbonyl (C=O) groups is 2. The molecule has 1 saturated carbocycles. The first kappa shape index (κ1) is 16.1. The lowest BCUT2D eigenvalue weighted by Gasteiger charge is -2.34. The summed E-state index contributed by atoms with van der Waals surface area (Å²) < 4.78 is 0. The zero-order valence-electron chi connectivity index (χ0n) is 11.9. The molecule has 0 aromatic rings. The maximum absolute atomic E-state index is 12.2. The summed E-state index contributed by atoms with van der Waals surface area (Å²) in [5.41, 5.74) is 0. The Labute approximate surface area is 119 Å². The predicted molar refractivity (Wildman–Crippen MR) is 77.6 cm³/mol. The fraction of sp³-hybridized carbons (Fsp3) is 0.846. The minimum atomic E-state index is -0.978. The Kier molecular flexibility index (Phi) is 6.48. The Bertz CT molecular complexity index is 323. The smallest absolute Gasteiger partial charge is 0.323 e. The molecule has 6 heteroatoms. The molecule has 0 radical (unpaired) electrons. The van der Waals surface area contributed by atoms with E-state index in [0.717, 1.165) is 19.3 Å². The summed E-state index contributed by atoms with van der Waals surface area (Å²) in [6.45, 7) is 3.41. The van der Waals surface area contributed by atoms with Crippen LogP contribution in [0.4, 0.5) is 4.79 Å². The third-order valence-corrected chi connectivity index (χ3v) is 4.67. The van der Waals surface area contributed by atoms with Crippen LogP contribution in [-0.4, -0.2) is 52.1 Å². The van der Waals surface area contributed by atoms with Crippen molar-refractivity contribution >= 4 is 23.8 Å². The molecule has 2 N–H and O–H groups in total. The van der Waals surface area contributed by atoms with E-state index in [1.807, 2.05) is 13.8 Å². The van der Waals surface area contributed by atoms with Gasteiger partial charge < -0.3 is 15.3 Å². The van der Waals surface area contributed by atoms with Gasteiger partial charge in [-0.2, -0.15) is 11.8 Å². The minimum Gasteiger partial charge on any atom is -0.480 e. The molecule has 1 fully saturated rings. The van der Waals surface area contributed by atoms with E-state index in [1.54, 1.807) is 11.8 Å². The van der Waals surface area contributed by atoms with Crippen molar-refractivity contribution in [3.63, 3.8) is 0 Å². The molecule has 1 aliphatic carbocycles. The lowest BCUT2D eigenvalue weighted by atomic mass is 9.95. The second-order valence-corrected chi connectivity index (χ2v) is 6.31. The Hall–Kier alpha value is -0.910. The number of hydrogen-bond donors (Lipinski definition) is 2. The zero-order chi connectivity index (χ0) is 14.4. The van der Waals surface area contributed by atoms with Crippen LogP contribution in [0.25, 0.3) is 0 Å². The average Bonchev–Trinajstić information content (AvgIpc) is 2.36. The van der Waals surface area contributed by atoms with E-state index in [0.29, 0.717) is 5.25 Å². The van der Waals surface area contributed by atoms with E-state index in [2.05, 4.69) is 11.6 Å². The molecule has 1 aliphatic rings. The SMILES string of the molecule is CSC1CCCCC1NC(=O)N(CC(=O)O)C(C)C. The van der Waals surface area contributed by atoms with Gasteiger partial charge in [-0.1, -0.05) is 12.8 Å². The highest BCUT2D eigenvalue weighted by molar-refractivity contribution is 7.99. The first-order valence-electron chi connectivity index (χ1n) is 6.77. The lowest BCUT2D eigenvalue weighted by molar-refractivity contribution is -0.138. The van der Waals surface area contributed by atoms with Gasteiger partial charge in [0, 0.05) is 17.3 Å². The molecule has 0 bridgehead atoms. The summed E-state index contributed by atoms with van der Waals surface area (Å²) in [5.74, 6) is -0.978. The van der Waals surface area contributed by atoms with Gasteiger partial charge in [0.2, 0.25) is 0 Å². The maximum atomic E-state index is 12.2. The number of nitrogens with one attached hydrogen (secondary N) is 1. The van der Waals surface area contributed by atoms with Gasteiger partial charge in [-0.15, -0.1) is 0 Å². The Morgan fingerprint density at radius 1 is 1.37 bits per heavy atom. The van der Waals surface area contributed by atoms with Gasteiger partial charge in [0.1, 0.15) is 6.54 Å². The molecule has 0 spiro atoms. The van der Waals surface area contributed by atoms with E-state index in [1.165, 1.54) is 11.3 Å². The van der Waals surface area contributed by atoms with Crippen molar-refractivity contribution in [2.75, 3.05) is 12.8 Å². The van der Waals surface area contributed by atoms with Crippen molar-refractivity contribution < 1.29 is 14.7 Å². The van der Waals surface area contributed by atoms with Gasteiger partial charge in [0.25, 0.3) is 0 Å². The Morgan fingerprint density at radius 3 is 2.53 bits per heavy atom. The predicted octanol–water partition coefficient (Wildman–Crippen LogP) is 2.17. The van der Waals surface area contributed by atoms with Crippen LogP contribution in [0.1, 0.15) is 39.5 Å². The van der Waals surface area contributed by atoms with Crippen LogP contribution in [-0.2, 0) is 4.79 Å². The van der Waals surface area contributed by atoms with Crippen molar-refractivity contribution in [2.45, 2.75) is 56.9 Å². The van der Waals surface area contributed by atoms with Gasteiger partial charge in [-0.25, -0.2) is 4.79 Å². The van der Waals surface area contributed by atoms with Gasteiger partial charge >= 0.3 is 12.0 Å². The number of hydrogen-bond acceptors (Lipinski definition) is 3. The first-order valence-corrected chi connectivity index (χ1v) is 8.06. The second-order valence-electron chi connectivity index (χ2n) is 5.23. The number of carboxylic acids is 1. The Balaban J connectivity index is 2.61. The fourth-order valence-corrected chi connectivity index (χ4v) is 3.36. The molecule has 1 rings (SSSR count). The summed E-state index contributed by atoms with van der Waals surface area (Å²) in [6, 6.07) is -0.220. The highest BCUT2D eigenvalue weighted by atomic mass is 32.2. The van der Waals surface area contributed by atoms with Crippen molar-refractivity contribution in [1.29, 1.82) is 0 Å². The van der Waals surface area contributed by atoms with Crippen molar-refractivity contribution in [3.8, 4) is 0 Å². The topological polar surface area (TPSA) is 69.6 Å². The van der Waals surface area contributed by atoms with E-state index in [-0.39, 0.29) is 24.7 Å². The van der Waals surface area contributed by atoms with Gasteiger partial charge in [-0.3, -0.25) is 4.79 Å². The monoisotopic (exact) mass is 288 g/mol. The van der Waals surface area contributed by atoms with E-state index in [9.17, 15) is 9.59 Å². The molecule has 0 aliphatic heterocycles. The van der Waals surface area contributed by atoms with Crippen LogP contribution in [0.3, 0.4) is 0 Å². The molecule has 5 nitrogen and oxygen atoms in total. The summed E-state index contributed by atoms with van der Waals surface area (Å²) >= 11 is 1.78. The number of urea groups is 1. The summed E-state index contributed by atoms with van der Waals surface area (Å²) in [6.07, 6.45) is 6.50. The largest absolute Gasteiger partial charge is 0.480 e. The molecule has 0 saturated heterocycles. The number of carboxylic acid groups (broad SMARTS) is 1. The number of aliphatic carboxylic acids is 1. The van der Waals surface area contributed by atoms with Crippen molar-refractivity contribution in [2.24, 2.45) is 0 Å². The quantitative estimate of drug-likeness (QED) is 0.813. The maximum Gasteiger partial charge on any atom is 0.323 e. The van der Waals surface area contributed by atoms with Crippen molar-refractivity contribution in [3.05, 3.63) is 0 Å². The van der Waals surface area contributed by atoms with Gasteiger partial charge in [0.05, 0.1) is 0 Å². The summed E-state index contributed by atoms with van der Waals surface area (Å²) in [4.78, 5) is 24.4. The minimum absolute atomic E-state index is 0.118. The van der Waals surface area contributed by atoms with Crippen molar-refractivity contribution in [1.82, 2.24) is 10.2 Å². The lowest BCUT2D eigenvalue weighted by Crippen LogP contribution is -2.52. The second kappa shape index (κ2) is 7.62. The van der Waals surface area contributed by atoms with E-state index < -0.39 is 5.97 Å². The van der Waals surface area contributed by atoms with Crippen LogP contribution in [0.5, 0.6) is 0 Å². The summed E-state index contributed by atoms with van der Waals surface area (Å²) in [5, 5.41) is 12.3. The van der Waals surface area contributed by atoms with Gasteiger partial charge in [0.15, 0.2) is 0 Å². The molecule has 0 heterocycles. The fourth-order valence-electron chi connectivity index (χ4n) is 2.42. The molecular weight excluding hydrogens is 264 g/mol. The molecule has 0 aromatic carbocycles.